The molecule has 1 aromatic carbocycles. The van der Waals surface area contributed by atoms with Gasteiger partial charge in [0.15, 0.2) is 11.5 Å². The van der Waals surface area contributed by atoms with Crippen molar-refractivity contribution in [1.29, 1.82) is 0 Å². The van der Waals surface area contributed by atoms with E-state index in [4.69, 9.17) is 9.47 Å². The zero-order valence-electron chi connectivity index (χ0n) is 10.7. The molecule has 1 amide bonds. The zero-order chi connectivity index (χ0) is 13.1. The van der Waals surface area contributed by atoms with Gasteiger partial charge in [-0.1, -0.05) is 0 Å². The number of benzene rings is 1. The van der Waals surface area contributed by atoms with Crippen molar-refractivity contribution in [1.82, 2.24) is 10.6 Å². The van der Waals surface area contributed by atoms with E-state index in [1.54, 1.807) is 12.1 Å². The van der Waals surface area contributed by atoms with Gasteiger partial charge in [-0.2, -0.15) is 0 Å². The summed E-state index contributed by atoms with van der Waals surface area (Å²) in [5.74, 6) is 1.11. The van der Waals surface area contributed by atoms with Crippen molar-refractivity contribution in [3.05, 3.63) is 22.2 Å². The Bertz CT molecular complexity index is 471. The Morgan fingerprint density at radius 1 is 1.47 bits per heavy atom. The lowest BCUT2D eigenvalue weighted by Crippen LogP contribution is -2.37. The van der Waals surface area contributed by atoms with E-state index in [9.17, 15) is 4.79 Å². The van der Waals surface area contributed by atoms with Gasteiger partial charge in [0.1, 0.15) is 0 Å². The summed E-state index contributed by atoms with van der Waals surface area (Å²) in [4.78, 5) is 12.0. The second-order valence-electron chi connectivity index (χ2n) is 4.09. The van der Waals surface area contributed by atoms with Crippen LogP contribution in [0.25, 0.3) is 0 Å². The molecule has 0 radical (unpaired) electrons. The number of ether oxygens (including phenoxy) is 2. The molecule has 1 unspecified atom stereocenters. The first-order chi connectivity index (χ1) is 8.61. The number of fused-ring (bicyclic) bond motifs is 1. The smallest absolute Gasteiger partial charge is 0.251 e. The van der Waals surface area contributed by atoms with E-state index in [-0.39, 0.29) is 31.1 Å². The number of carbonyl (C=O) groups is 1. The molecular formula is C12H16BrClN2O3. The molecule has 0 saturated carbocycles. The highest BCUT2D eigenvalue weighted by Crippen LogP contribution is 2.39. The zero-order valence-corrected chi connectivity index (χ0v) is 13.1. The average molecular weight is 352 g/mol. The third-order valence-electron chi connectivity index (χ3n) is 2.75. The fraction of sp³-hybridized carbons (Fsp3) is 0.417. The molecule has 0 spiro atoms. The minimum atomic E-state index is -0.129. The lowest BCUT2D eigenvalue weighted by molar-refractivity contribution is 0.0950. The lowest BCUT2D eigenvalue weighted by Gasteiger charge is -2.11. The van der Waals surface area contributed by atoms with Gasteiger partial charge in [0.25, 0.3) is 5.91 Å². The van der Waals surface area contributed by atoms with Gasteiger partial charge in [-0.3, -0.25) is 4.79 Å². The van der Waals surface area contributed by atoms with Crippen LogP contribution < -0.4 is 20.1 Å². The maximum absolute atomic E-state index is 12.0. The highest BCUT2D eigenvalue weighted by atomic mass is 79.9. The van der Waals surface area contributed by atoms with Crippen LogP contribution in [0.4, 0.5) is 0 Å². The van der Waals surface area contributed by atoms with Crippen LogP contribution in [0.15, 0.2) is 16.6 Å². The predicted molar refractivity (Wildman–Crippen MR) is 78.4 cm³/mol. The maximum Gasteiger partial charge on any atom is 0.251 e. The molecule has 2 rings (SSSR count). The van der Waals surface area contributed by atoms with Gasteiger partial charge < -0.3 is 20.1 Å². The molecule has 0 aliphatic carbocycles. The quantitative estimate of drug-likeness (QED) is 0.870. The van der Waals surface area contributed by atoms with Crippen LogP contribution in [-0.4, -0.2) is 32.3 Å². The third-order valence-corrected chi connectivity index (χ3v) is 3.34. The first-order valence-electron chi connectivity index (χ1n) is 5.66. The minimum Gasteiger partial charge on any atom is -0.454 e. The van der Waals surface area contributed by atoms with E-state index >= 15 is 0 Å². The molecule has 1 aliphatic rings. The normalized spacial score (nSPS) is 13.6. The van der Waals surface area contributed by atoms with E-state index < -0.39 is 0 Å². The number of halogens is 2. The number of amides is 1. The Balaban J connectivity index is 0.00000180. The minimum absolute atomic E-state index is 0. The summed E-state index contributed by atoms with van der Waals surface area (Å²) in [5.41, 5.74) is 0.550. The van der Waals surface area contributed by atoms with E-state index in [0.29, 0.717) is 23.6 Å². The SMILES string of the molecule is CNC(C)CNC(=O)c1cc(Br)c2c(c1)OCO2.Cl. The summed E-state index contributed by atoms with van der Waals surface area (Å²) < 4.78 is 11.3. The number of rotatable bonds is 4. The molecule has 1 heterocycles. The molecule has 19 heavy (non-hydrogen) atoms. The van der Waals surface area contributed by atoms with Crippen molar-refractivity contribution < 1.29 is 14.3 Å². The van der Waals surface area contributed by atoms with Crippen molar-refractivity contribution in [2.75, 3.05) is 20.4 Å². The van der Waals surface area contributed by atoms with Crippen molar-refractivity contribution in [3.63, 3.8) is 0 Å². The van der Waals surface area contributed by atoms with E-state index in [2.05, 4.69) is 26.6 Å². The van der Waals surface area contributed by atoms with Crippen LogP contribution >= 0.6 is 28.3 Å². The monoisotopic (exact) mass is 350 g/mol. The maximum atomic E-state index is 12.0. The molecular weight excluding hydrogens is 336 g/mol. The molecule has 0 fully saturated rings. The first-order valence-corrected chi connectivity index (χ1v) is 6.45. The molecule has 0 saturated heterocycles. The fourth-order valence-corrected chi connectivity index (χ4v) is 2.10. The standard InChI is InChI=1S/C12H15BrN2O3.ClH/c1-7(14-2)5-15-12(16)8-3-9(13)11-10(4-8)17-6-18-11;/h3-4,7,14H,5-6H2,1-2H3,(H,15,16);1H. The van der Waals surface area contributed by atoms with Crippen LogP contribution in [0.1, 0.15) is 17.3 Å². The second-order valence-corrected chi connectivity index (χ2v) is 4.95. The summed E-state index contributed by atoms with van der Waals surface area (Å²) in [6.45, 7) is 2.76. The Labute approximate surface area is 126 Å². The molecule has 2 N–H and O–H groups in total. The van der Waals surface area contributed by atoms with Crippen LogP contribution in [0.3, 0.4) is 0 Å². The Kier molecular flexibility index (Phi) is 5.90. The number of carbonyl (C=O) groups excluding carboxylic acids is 1. The Morgan fingerprint density at radius 2 is 2.21 bits per heavy atom. The molecule has 5 nitrogen and oxygen atoms in total. The number of hydrogen-bond acceptors (Lipinski definition) is 4. The highest BCUT2D eigenvalue weighted by molar-refractivity contribution is 9.10. The summed E-state index contributed by atoms with van der Waals surface area (Å²) in [7, 11) is 1.86. The van der Waals surface area contributed by atoms with Crippen molar-refractivity contribution in [2.24, 2.45) is 0 Å². The Morgan fingerprint density at radius 3 is 2.89 bits per heavy atom. The van der Waals surface area contributed by atoms with E-state index in [1.165, 1.54) is 0 Å². The van der Waals surface area contributed by atoms with Gasteiger partial charge in [-0.05, 0) is 42.0 Å². The average Bonchev–Trinajstić information content (AvgIpc) is 2.84. The van der Waals surface area contributed by atoms with Gasteiger partial charge in [-0.25, -0.2) is 0 Å². The van der Waals surface area contributed by atoms with Crippen LogP contribution in [0.2, 0.25) is 0 Å². The predicted octanol–water partition coefficient (Wildman–Crippen LogP) is 1.94. The first kappa shape index (κ1) is 16.1. The Hall–Kier alpha value is -0.980. The van der Waals surface area contributed by atoms with E-state index in [0.717, 1.165) is 4.47 Å². The summed E-state index contributed by atoms with van der Waals surface area (Å²) in [6, 6.07) is 3.64. The lowest BCUT2D eigenvalue weighted by atomic mass is 10.2. The van der Waals surface area contributed by atoms with Crippen LogP contribution in [0, 0.1) is 0 Å². The molecule has 1 atom stereocenters. The molecule has 1 aliphatic heterocycles. The van der Waals surface area contributed by atoms with Crippen molar-refractivity contribution in [3.8, 4) is 11.5 Å². The van der Waals surface area contributed by atoms with Gasteiger partial charge in [-0.15, -0.1) is 12.4 Å². The van der Waals surface area contributed by atoms with Crippen molar-refractivity contribution >= 4 is 34.2 Å². The third kappa shape index (κ3) is 3.75. The number of likely N-dealkylation sites (N-methyl/N-ethyl adjacent to an activating group) is 1. The molecule has 1 aromatic rings. The van der Waals surface area contributed by atoms with Gasteiger partial charge >= 0.3 is 0 Å². The van der Waals surface area contributed by atoms with Crippen molar-refractivity contribution in [2.45, 2.75) is 13.0 Å². The topological polar surface area (TPSA) is 59.6 Å². The second kappa shape index (κ2) is 6.98. The largest absolute Gasteiger partial charge is 0.454 e. The molecule has 0 bridgehead atoms. The fourth-order valence-electron chi connectivity index (χ4n) is 1.55. The highest BCUT2D eigenvalue weighted by Gasteiger charge is 2.20. The summed E-state index contributed by atoms with van der Waals surface area (Å²) >= 11 is 3.36. The van der Waals surface area contributed by atoms with Gasteiger partial charge in [0.05, 0.1) is 4.47 Å². The van der Waals surface area contributed by atoms with E-state index in [1.807, 2.05) is 14.0 Å². The number of nitrogens with one attached hydrogen (secondary N) is 2. The van der Waals surface area contributed by atoms with Gasteiger partial charge in [0, 0.05) is 18.2 Å². The molecule has 7 heteroatoms. The molecule has 106 valence electrons. The van der Waals surface area contributed by atoms with Crippen LogP contribution in [-0.2, 0) is 0 Å². The number of hydrogen-bond donors (Lipinski definition) is 2. The molecule has 0 aromatic heterocycles. The summed E-state index contributed by atoms with van der Waals surface area (Å²) in [6.07, 6.45) is 0. The van der Waals surface area contributed by atoms with Crippen LogP contribution in [0.5, 0.6) is 11.5 Å². The van der Waals surface area contributed by atoms with Gasteiger partial charge in [0.2, 0.25) is 6.79 Å². The summed E-state index contributed by atoms with van der Waals surface area (Å²) in [5, 5.41) is 5.91.